The average Bonchev–Trinajstić information content (AvgIpc) is 2.45. The number of aldehydes is 1. The van der Waals surface area contributed by atoms with Crippen LogP contribution in [0.25, 0.3) is 0 Å². The van der Waals surface area contributed by atoms with E-state index in [0.29, 0.717) is 0 Å². The maximum atomic E-state index is 9.90. The second-order valence-corrected chi connectivity index (χ2v) is 3.49. The van der Waals surface area contributed by atoms with E-state index in [1.165, 1.54) is 0 Å². The Bertz CT molecular complexity index is 265. The number of hydrogen-bond donors (Lipinski definition) is 6. The van der Waals surface area contributed by atoms with Crippen LogP contribution in [0.4, 0.5) is 0 Å². The molecule has 0 saturated heterocycles. The van der Waals surface area contributed by atoms with E-state index >= 15 is 0 Å². The number of aliphatic hydroxyl groups excluding tert-OH is 6. The minimum atomic E-state index is -1.79. The van der Waals surface area contributed by atoms with Crippen molar-refractivity contribution in [2.75, 3.05) is 13.2 Å². The smallest absolute Gasteiger partial charge is 0.151 e. The van der Waals surface area contributed by atoms with E-state index in [4.69, 9.17) is 30.6 Å². The molecule has 0 amide bonds. The van der Waals surface area contributed by atoms with E-state index in [1.807, 2.05) is 19.1 Å². The molecule has 0 aliphatic carbocycles. The first-order valence-corrected chi connectivity index (χ1v) is 5.63. The van der Waals surface area contributed by atoms with E-state index < -0.39 is 31.0 Å². The molecule has 0 bridgehead atoms. The maximum Gasteiger partial charge on any atom is 0.151 e. The third kappa shape index (κ3) is 10.5. The van der Waals surface area contributed by atoms with Crippen molar-refractivity contribution in [3.8, 4) is 0 Å². The fourth-order valence-corrected chi connectivity index (χ4v) is 0.869. The van der Waals surface area contributed by atoms with Gasteiger partial charge in [0.15, 0.2) is 6.29 Å². The van der Waals surface area contributed by atoms with Crippen LogP contribution in [-0.2, 0) is 4.79 Å². The van der Waals surface area contributed by atoms with Crippen LogP contribution in [-0.4, -0.2) is 74.6 Å². The van der Waals surface area contributed by atoms with Gasteiger partial charge in [0.1, 0.15) is 24.4 Å². The molecule has 7 nitrogen and oxygen atoms in total. The normalized spacial score (nSPS) is 17.6. The molecule has 6 N–H and O–H groups in total. The molecule has 0 spiro atoms. The highest BCUT2D eigenvalue weighted by Gasteiger charge is 2.29. The van der Waals surface area contributed by atoms with Gasteiger partial charge in [0.2, 0.25) is 0 Å². The summed E-state index contributed by atoms with van der Waals surface area (Å²) in [5.41, 5.74) is 0. The molecular formula is C12H22O7. The van der Waals surface area contributed by atoms with Crippen LogP contribution in [0.1, 0.15) is 6.92 Å². The zero-order valence-corrected chi connectivity index (χ0v) is 10.7. The lowest BCUT2D eigenvalue weighted by atomic mass is 10.0. The molecule has 0 heterocycles. The Kier molecular flexibility index (Phi) is 14.2. The van der Waals surface area contributed by atoms with Crippen LogP contribution in [0, 0.1) is 0 Å². The van der Waals surface area contributed by atoms with Crippen molar-refractivity contribution < 1.29 is 35.4 Å². The third-order valence-corrected chi connectivity index (χ3v) is 1.97. The summed E-state index contributed by atoms with van der Waals surface area (Å²) in [5, 5.41) is 51.7. The van der Waals surface area contributed by atoms with E-state index in [9.17, 15) is 4.79 Å². The molecule has 0 aromatic rings. The maximum absolute atomic E-state index is 9.90. The van der Waals surface area contributed by atoms with Crippen molar-refractivity contribution in [3.63, 3.8) is 0 Å². The number of allylic oxidation sites excluding steroid dienone is 3. The standard InChI is InChI=1S/C6H12O6.C6H10O/c7-1-3(9)5(11)6(12)4(10)2-8;1-2-3-4-5-6-7/h1,3-6,8-12H,2H2;2-5,7H,6H2,1H3/b;3-2+,5-4+. The molecule has 0 saturated carbocycles. The summed E-state index contributed by atoms with van der Waals surface area (Å²) in [5.74, 6) is 0. The summed E-state index contributed by atoms with van der Waals surface area (Å²) >= 11 is 0. The van der Waals surface area contributed by atoms with E-state index in [-0.39, 0.29) is 12.9 Å². The van der Waals surface area contributed by atoms with Crippen LogP contribution < -0.4 is 0 Å². The van der Waals surface area contributed by atoms with E-state index in [1.54, 1.807) is 12.2 Å². The van der Waals surface area contributed by atoms with Gasteiger partial charge in [0.25, 0.3) is 0 Å². The van der Waals surface area contributed by atoms with Gasteiger partial charge in [-0.3, -0.25) is 0 Å². The van der Waals surface area contributed by atoms with Gasteiger partial charge < -0.3 is 35.4 Å². The number of hydrogen-bond acceptors (Lipinski definition) is 7. The van der Waals surface area contributed by atoms with E-state index in [0.717, 1.165) is 0 Å². The van der Waals surface area contributed by atoms with Gasteiger partial charge in [0, 0.05) is 0 Å². The predicted molar refractivity (Wildman–Crippen MR) is 68.2 cm³/mol. The molecule has 19 heavy (non-hydrogen) atoms. The van der Waals surface area contributed by atoms with Crippen molar-refractivity contribution in [1.29, 1.82) is 0 Å². The summed E-state index contributed by atoms with van der Waals surface area (Å²) in [6.07, 6.45) is 0.427. The largest absolute Gasteiger partial charge is 0.394 e. The molecule has 112 valence electrons. The topological polar surface area (TPSA) is 138 Å². The zero-order valence-electron chi connectivity index (χ0n) is 10.7. The van der Waals surface area contributed by atoms with Crippen molar-refractivity contribution >= 4 is 6.29 Å². The predicted octanol–water partition coefficient (Wildman–Crippen LogP) is -2.27. The summed E-state index contributed by atoms with van der Waals surface area (Å²) in [6, 6.07) is 0. The highest BCUT2D eigenvalue weighted by Crippen LogP contribution is 2.02. The minimum absolute atomic E-state index is 0.0258. The van der Waals surface area contributed by atoms with Gasteiger partial charge in [-0.15, -0.1) is 0 Å². The van der Waals surface area contributed by atoms with Gasteiger partial charge in [-0.05, 0) is 6.92 Å². The molecule has 0 radical (unpaired) electrons. The molecule has 4 unspecified atom stereocenters. The van der Waals surface area contributed by atoms with E-state index in [2.05, 4.69) is 0 Å². The van der Waals surface area contributed by atoms with Gasteiger partial charge in [-0.25, -0.2) is 0 Å². The second-order valence-electron chi connectivity index (χ2n) is 3.49. The first kappa shape index (κ1) is 20.2. The highest BCUT2D eigenvalue weighted by atomic mass is 16.4. The third-order valence-electron chi connectivity index (χ3n) is 1.97. The highest BCUT2D eigenvalue weighted by molar-refractivity contribution is 5.56. The summed E-state index contributed by atoms with van der Waals surface area (Å²) in [4.78, 5) is 9.90. The van der Waals surface area contributed by atoms with Gasteiger partial charge >= 0.3 is 0 Å². The Hall–Kier alpha value is -1.09. The summed E-state index contributed by atoms with van der Waals surface area (Å²) in [6.45, 7) is 1.30. The van der Waals surface area contributed by atoms with Crippen molar-refractivity contribution in [2.45, 2.75) is 31.3 Å². The molecule has 4 atom stereocenters. The van der Waals surface area contributed by atoms with Crippen LogP contribution in [0.3, 0.4) is 0 Å². The number of carbonyl (C=O) groups is 1. The Labute approximate surface area is 111 Å². The number of rotatable bonds is 7. The molecule has 0 aliphatic heterocycles. The second kappa shape index (κ2) is 13.3. The SMILES string of the molecule is C/C=C/C=C/CO.O=CC(O)C(O)C(O)C(O)CO. The van der Waals surface area contributed by atoms with Crippen molar-refractivity contribution in [2.24, 2.45) is 0 Å². The molecule has 7 heteroatoms. The van der Waals surface area contributed by atoms with Gasteiger partial charge in [-0.2, -0.15) is 0 Å². The van der Waals surface area contributed by atoms with Gasteiger partial charge in [-0.1, -0.05) is 24.3 Å². The lowest BCUT2D eigenvalue weighted by molar-refractivity contribution is -0.136. The van der Waals surface area contributed by atoms with Crippen molar-refractivity contribution in [1.82, 2.24) is 0 Å². The van der Waals surface area contributed by atoms with Crippen molar-refractivity contribution in [3.05, 3.63) is 24.3 Å². The Morgan fingerprint density at radius 2 is 1.58 bits per heavy atom. The first-order valence-electron chi connectivity index (χ1n) is 5.63. The van der Waals surface area contributed by atoms with Gasteiger partial charge in [0.05, 0.1) is 13.2 Å². The molecule has 0 fully saturated rings. The molecule has 0 aliphatic rings. The zero-order chi connectivity index (χ0) is 15.3. The fraction of sp³-hybridized carbons (Fsp3) is 0.583. The minimum Gasteiger partial charge on any atom is -0.394 e. The summed E-state index contributed by atoms with van der Waals surface area (Å²) in [7, 11) is 0. The quantitative estimate of drug-likeness (QED) is 0.228. The lowest BCUT2D eigenvalue weighted by Crippen LogP contribution is -2.46. The first-order chi connectivity index (χ1) is 8.95. The monoisotopic (exact) mass is 278 g/mol. The Morgan fingerprint density at radius 1 is 1.00 bits per heavy atom. The van der Waals surface area contributed by atoms with Crippen LogP contribution in [0.15, 0.2) is 24.3 Å². The Balaban J connectivity index is 0. The summed E-state index contributed by atoms with van der Waals surface area (Å²) < 4.78 is 0. The van der Waals surface area contributed by atoms with Crippen LogP contribution in [0.2, 0.25) is 0 Å². The van der Waals surface area contributed by atoms with Crippen LogP contribution >= 0.6 is 0 Å². The molecule has 0 rings (SSSR count). The Morgan fingerprint density at radius 3 is 1.95 bits per heavy atom. The molecular weight excluding hydrogens is 256 g/mol. The molecule has 0 aromatic heterocycles. The molecule has 0 aromatic carbocycles. The fourth-order valence-electron chi connectivity index (χ4n) is 0.869. The lowest BCUT2D eigenvalue weighted by Gasteiger charge is -2.22. The average molecular weight is 278 g/mol. The number of carbonyl (C=O) groups excluding carboxylic acids is 1. The van der Waals surface area contributed by atoms with Crippen LogP contribution in [0.5, 0.6) is 0 Å². The number of aliphatic hydroxyl groups is 6.